The number of benzene rings is 1. The molecule has 0 fully saturated rings. The first kappa shape index (κ1) is 22.5. The zero-order chi connectivity index (χ0) is 21.6. The number of rotatable bonds is 9. The molecule has 158 valence electrons. The summed E-state index contributed by atoms with van der Waals surface area (Å²) in [5.74, 6) is 0.411. The summed E-state index contributed by atoms with van der Waals surface area (Å²) in [6.07, 6.45) is 2.21. The molecule has 9 heteroatoms. The van der Waals surface area contributed by atoms with E-state index in [1.54, 1.807) is 18.2 Å². The van der Waals surface area contributed by atoms with Crippen LogP contribution >= 0.6 is 11.6 Å². The van der Waals surface area contributed by atoms with Crippen molar-refractivity contribution in [2.75, 3.05) is 24.3 Å². The standard InChI is InChI=1S/C20H27ClN4O4/c1-4-5-10-25-18(22)17(19(27)23-20(25)28)24(3)16(26)7-6-11-29-15-9-8-14(21)12-13(15)2/h8-9,12H,4-7,10-11,22H2,1-3H3,(H,23,27,28). The maximum absolute atomic E-state index is 12.5. The number of hydrogen-bond acceptors (Lipinski definition) is 5. The minimum Gasteiger partial charge on any atom is -0.493 e. The molecule has 1 amide bonds. The Kier molecular flexibility index (Phi) is 7.90. The van der Waals surface area contributed by atoms with Crippen molar-refractivity contribution in [3.63, 3.8) is 0 Å². The van der Waals surface area contributed by atoms with Crippen LogP contribution in [0.4, 0.5) is 11.5 Å². The molecule has 2 rings (SSSR count). The number of nitrogens with zero attached hydrogens (tertiary/aromatic N) is 2. The summed E-state index contributed by atoms with van der Waals surface area (Å²) < 4.78 is 6.97. The van der Waals surface area contributed by atoms with Crippen molar-refractivity contribution in [1.82, 2.24) is 9.55 Å². The summed E-state index contributed by atoms with van der Waals surface area (Å²) in [6, 6.07) is 5.33. The van der Waals surface area contributed by atoms with Gasteiger partial charge < -0.3 is 15.4 Å². The van der Waals surface area contributed by atoms with Crippen LogP contribution in [0, 0.1) is 6.92 Å². The largest absolute Gasteiger partial charge is 0.493 e. The summed E-state index contributed by atoms with van der Waals surface area (Å²) >= 11 is 5.92. The normalized spacial score (nSPS) is 10.8. The van der Waals surface area contributed by atoms with Crippen LogP contribution < -0.4 is 26.6 Å². The van der Waals surface area contributed by atoms with Gasteiger partial charge in [0.15, 0.2) is 5.69 Å². The van der Waals surface area contributed by atoms with Crippen molar-refractivity contribution in [2.24, 2.45) is 0 Å². The number of nitrogen functional groups attached to an aromatic ring is 1. The molecular formula is C20H27ClN4O4. The fraction of sp³-hybridized carbons (Fsp3) is 0.450. The molecule has 8 nitrogen and oxygen atoms in total. The second kappa shape index (κ2) is 10.2. The Balaban J connectivity index is 2.02. The summed E-state index contributed by atoms with van der Waals surface area (Å²) in [5, 5.41) is 0.634. The van der Waals surface area contributed by atoms with Gasteiger partial charge in [0.25, 0.3) is 5.56 Å². The van der Waals surface area contributed by atoms with Crippen molar-refractivity contribution < 1.29 is 9.53 Å². The van der Waals surface area contributed by atoms with Gasteiger partial charge in [-0.15, -0.1) is 0 Å². The number of unbranched alkanes of at least 4 members (excludes halogenated alkanes) is 1. The molecule has 0 aliphatic rings. The minimum atomic E-state index is -0.677. The molecule has 0 unspecified atom stereocenters. The zero-order valence-electron chi connectivity index (χ0n) is 17.0. The molecule has 0 atom stereocenters. The topological polar surface area (TPSA) is 110 Å². The Bertz CT molecular complexity index is 983. The first-order valence-corrected chi connectivity index (χ1v) is 9.92. The van der Waals surface area contributed by atoms with E-state index in [0.29, 0.717) is 30.3 Å². The van der Waals surface area contributed by atoms with Crippen LogP contribution in [0.1, 0.15) is 38.2 Å². The predicted molar refractivity (Wildman–Crippen MR) is 115 cm³/mol. The fourth-order valence-electron chi connectivity index (χ4n) is 2.91. The van der Waals surface area contributed by atoms with Gasteiger partial charge in [0.1, 0.15) is 11.6 Å². The third-order valence-corrected chi connectivity index (χ3v) is 4.82. The smallest absolute Gasteiger partial charge is 0.330 e. The molecule has 0 saturated carbocycles. The Morgan fingerprint density at radius 3 is 2.69 bits per heavy atom. The molecule has 29 heavy (non-hydrogen) atoms. The van der Waals surface area contributed by atoms with E-state index >= 15 is 0 Å². The lowest BCUT2D eigenvalue weighted by atomic mass is 10.2. The van der Waals surface area contributed by atoms with Gasteiger partial charge in [0, 0.05) is 25.0 Å². The number of aromatic amines is 1. The number of nitrogens with one attached hydrogen (secondary N) is 1. The van der Waals surface area contributed by atoms with Gasteiger partial charge in [-0.25, -0.2) is 4.79 Å². The number of halogens is 1. The maximum atomic E-state index is 12.5. The quantitative estimate of drug-likeness (QED) is 0.603. The lowest BCUT2D eigenvalue weighted by molar-refractivity contribution is -0.118. The van der Waals surface area contributed by atoms with E-state index in [4.69, 9.17) is 22.1 Å². The van der Waals surface area contributed by atoms with Gasteiger partial charge in [-0.1, -0.05) is 24.9 Å². The Morgan fingerprint density at radius 2 is 2.03 bits per heavy atom. The number of carbonyl (C=O) groups excluding carboxylic acids is 1. The monoisotopic (exact) mass is 422 g/mol. The summed E-state index contributed by atoms with van der Waals surface area (Å²) in [5.41, 5.74) is 5.69. The highest BCUT2D eigenvalue weighted by Gasteiger charge is 2.20. The molecule has 3 N–H and O–H groups in total. The lowest BCUT2D eigenvalue weighted by Gasteiger charge is -2.20. The molecule has 0 saturated heterocycles. The zero-order valence-corrected chi connectivity index (χ0v) is 17.7. The average molecular weight is 423 g/mol. The van der Waals surface area contributed by atoms with Gasteiger partial charge in [-0.2, -0.15) is 0 Å². The SMILES string of the molecule is CCCCn1c(N)c(N(C)C(=O)CCCOc2ccc(Cl)cc2C)c(=O)[nH]c1=O. The maximum Gasteiger partial charge on any atom is 0.330 e. The van der Waals surface area contributed by atoms with E-state index in [1.165, 1.54) is 16.5 Å². The number of amides is 1. The van der Waals surface area contributed by atoms with E-state index < -0.39 is 11.2 Å². The van der Waals surface area contributed by atoms with E-state index in [9.17, 15) is 14.4 Å². The first-order chi connectivity index (χ1) is 13.8. The van der Waals surface area contributed by atoms with Crippen LogP contribution in [0.15, 0.2) is 27.8 Å². The number of aromatic nitrogens is 2. The number of nitrogens with two attached hydrogens (primary N) is 1. The number of hydrogen-bond donors (Lipinski definition) is 2. The van der Waals surface area contributed by atoms with Crippen LogP contribution in [0.3, 0.4) is 0 Å². The van der Waals surface area contributed by atoms with E-state index in [1.807, 2.05) is 13.8 Å². The molecule has 1 heterocycles. The van der Waals surface area contributed by atoms with Crippen molar-refractivity contribution in [3.8, 4) is 5.75 Å². The highest BCUT2D eigenvalue weighted by atomic mass is 35.5. The Morgan fingerprint density at radius 1 is 1.31 bits per heavy atom. The summed E-state index contributed by atoms with van der Waals surface area (Å²) in [6.45, 7) is 4.59. The van der Waals surface area contributed by atoms with Gasteiger partial charge in [0.2, 0.25) is 5.91 Å². The lowest BCUT2D eigenvalue weighted by Crippen LogP contribution is -2.39. The molecule has 0 aliphatic carbocycles. The summed E-state index contributed by atoms with van der Waals surface area (Å²) in [7, 11) is 1.47. The second-order valence-corrected chi connectivity index (χ2v) is 7.25. The van der Waals surface area contributed by atoms with Crippen molar-refractivity contribution >= 4 is 29.0 Å². The highest BCUT2D eigenvalue weighted by molar-refractivity contribution is 6.30. The van der Waals surface area contributed by atoms with Crippen molar-refractivity contribution in [1.29, 1.82) is 0 Å². The van der Waals surface area contributed by atoms with Gasteiger partial charge in [0.05, 0.1) is 6.61 Å². The fourth-order valence-corrected chi connectivity index (χ4v) is 3.14. The van der Waals surface area contributed by atoms with E-state index in [-0.39, 0.29) is 23.8 Å². The minimum absolute atomic E-state index is 0.00362. The number of H-pyrrole nitrogens is 1. The molecule has 0 aliphatic heterocycles. The molecule has 0 spiro atoms. The van der Waals surface area contributed by atoms with Crippen LogP contribution in [0.2, 0.25) is 5.02 Å². The van der Waals surface area contributed by atoms with E-state index in [2.05, 4.69) is 4.98 Å². The van der Waals surface area contributed by atoms with Crippen LogP contribution in [-0.4, -0.2) is 29.1 Å². The molecular weight excluding hydrogens is 396 g/mol. The van der Waals surface area contributed by atoms with Gasteiger partial charge >= 0.3 is 5.69 Å². The number of anilines is 2. The second-order valence-electron chi connectivity index (χ2n) is 6.81. The van der Waals surface area contributed by atoms with Crippen LogP contribution in [0.25, 0.3) is 0 Å². The van der Waals surface area contributed by atoms with Crippen molar-refractivity contribution in [3.05, 3.63) is 49.6 Å². The molecule has 0 radical (unpaired) electrons. The average Bonchev–Trinajstić information content (AvgIpc) is 2.65. The molecule has 0 bridgehead atoms. The highest BCUT2D eigenvalue weighted by Crippen LogP contribution is 2.22. The Hall–Kier alpha value is -2.74. The number of carbonyl (C=O) groups is 1. The van der Waals surface area contributed by atoms with Crippen LogP contribution in [-0.2, 0) is 11.3 Å². The summed E-state index contributed by atoms with van der Waals surface area (Å²) in [4.78, 5) is 40.2. The van der Waals surface area contributed by atoms with Gasteiger partial charge in [-0.3, -0.25) is 19.1 Å². The molecule has 1 aromatic heterocycles. The molecule has 2 aromatic rings. The third kappa shape index (κ3) is 5.63. The first-order valence-electron chi connectivity index (χ1n) is 9.54. The third-order valence-electron chi connectivity index (χ3n) is 4.59. The Labute approximate surface area is 174 Å². The molecule has 1 aromatic carbocycles. The number of aryl methyl sites for hydroxylation is 1. The predicted octanol–water partition coefficient (Wildman–Crippen LogP) is 2.70. The van der Waals surface area contributed by atoms with Gasteiger partial charge in [-0.05, 0) is 43.5 Å². The van der Waals surface area contributed by atoms with E-state index in [0.717, 1.165) is 18.4 Å². The number of ether oxygens (including phenoxy) is 1. The van der Waals surface area contributed by atoms with Crippen LogP contribution in [0.5, 0.6) is 5.75 Å². The van der Waals surface area contributed by atoms with Crippen molar-refractivity contribution in [2.45, 2.75) is 46.1 Å².